The van der Waals surface area contributed by atoms with Gasteiger partial charge in [0, 0.05) is 38.3 Å². The predicted octanol–water partition coefficient (Wildman–Crippen LogP) is 1.81. The topological polar surface area (TPSA) is 114 Å². The highest BCUT2D eigenvalue weighted by Gasteiger charge is 2.25. The van der Waals surface area contributed by atoms with Gasteiger partial charge in [-0.15, -0.1) is 0 Å². The summed E-state index contributed by atoms with van der Waals surface area (Å²) in [5, 5.41) is 14.7. The number of nitrogens with one attached hydrogen (secondary N) is 2. The van der Waals surface area contributed by atoms with Crippen LogP contribution >= 0.6 is 0 Å². The molecule has 2 aromatic carbocycles. The Morgan fingerprint density at radius 3 is 2.59 bits per heavy atom. The van der Waals surface area contributed by atoms with Crippen molar-refractivity contribution in [3.05, 3.63) is 52.6 Å². The molecule has 2 aromatic rings. The molecule has 0 aromatic heterocycles. The van der Waals surface area contributed by atoms with Crippen LogP contribution in [0.15, 0.2) is 47.4 Å². The first-order valence-corrected chi connectivity index (χ1v) is 9.80. The number of nitro benzene ring substituents is 1. The van der Waals surface area contributed by atoms with Gasteiger partial charge in [0.05, 0.1) is 22.6 Å². The minimum Gasteiger partial charge on any atom is -0.497 e. The van der Waals surface area contributed by atoms with Crippen LogP contribution in [0.1, 0.15) is 0 Å². The van der Waals surface area contributed by atoms with Gasteiger partial charge in [0.1, 0.15) is 11.4 Å². The molecule has 144 valence electrons. The molecule has 0 atom stereocenters. The second-order valence-electron chi connectivity index (χ2n) is 5.98. The standard InChI is InChI=1S/C17H20N4O5S/c1-26-14-4-2-3-13(11-14)19-27(24,25)15-5-6-16(17(12-15)21(22)23)20-9-7-18-8-10-20/h2-6,11-12,18-19H,7-10H2,1H3. The Balaban J connectivity index is 1.93. The van der Waals surface area contributed by atoms with E-state index in [0.717, 1.165) is 6.07 Å². The third kappa shape index (κ3) is 4.29. The van der Waals surface area contributed by atoms with E-state index in [0.29, 0.717) is 43.3 Å². The number of nitro groups is 1. The van der Waals surface area contributed by atoms with Crippen molar-refractivity contribution < 1.29 is 18.1 Å². The second kappa shape index (κ2) is 7.80. The number of anilines is 2. The molecule has 1 aliphatic heterocycles. The van der Waals surface area contributed by atoms with Crippen molar-refractivity contribution in [2.45, 2.75) is 4.90 Å². The summed E-state index contributed by atoms with van der Waals surface area (Å²) in [6.45, 7) is 2.67. The highest BCUT2D eigenvalue weighted by atomic mass is 32.2. The summed E-state index contributed by atoms with van der Waals surface area (Å²) in [6.07, 6.45) is 0. The SMILES string of the molecule is COc1cccc(NS(=O)(=O)c2ccc(N3CCNCC3)c([N+](=O)[O-])c2)c1. The maximum Gasteiger partial charge on any atom is 0.293 e. The van der Waals surface area contributed by atoms with Crippen LogP contribution in [-0.4, -0.2) is 46.6 Å². The number of benzene rings is 2. The number of ether oxygens (including phenoxy) is 1. The summed E-state index contributed by atoms with van der Waals surface area (Å²) in [5.74, 6) is 0.496. The number of sulfonamides is 1. The average Bonchev–Trinajstić information content (AvgIpc) is 2.68. The molecule has 27 heavy (non-hydrogen) atoms. The zero-order valence-corrected chi connectivity index (χ0v) is 15.5. The number of methoxy groups -OCH3 is 1. The van der Waals surface area contributed by atoms with Gasteiger partial charge in [-0.1, -0.05) is 6.07 Å². The van der Waals surface area contributed by atoms with Crippen molar-refractivity contribution in [3.63, 3.8) is 0 Å². The van der Waals surface area contributed by atoms with E-state index in [1.54, 1.807) is 18.2 Å². The number of nitrogens with zero attached hydrogens (tertiary/aromatic N) is 2. The Kier molecular flexibility index (Phi) is 5.47. The summed E-state index contributed by atoms with van der Waals surface area (Å²) < 4.78 is 32.8. The van der Waals surface area contributed by atoms with Gasteiger partial charge in [0.15, 0.2) is 0 Å². The molecular formula is C17H20N4O5S. The maximum atomic E-state index is 12.7. The van der Waals surface area contributed by atoms with E-state index in [9.17, 15) is 18.5 Å². The van der Waals surface area contributed by atoms with E-state index in [1.807, 2.05) is 4.90 Å². The quantitative estimate of drug-likeness (QED) is 0.569. The van der Waals surface area contributed by atoms with Crippen LogP contribution < -0.4 is 19.7 Å². The first-order valence-electron chi connectivity index (χ1n) is 8.32. The number of hydrogen-bond donors (Lipinski definition) is 2. The van der Waals surface area contributed by atoms with Crippen molar-refractivity contribution in [1.29, 1.82) is 0 Å². The Morgan fingerprint density at radius 2 is 1.93 bits per heavy atom. The molecule has 1 heterocycles. The average molecular weight is 392 g/mol. The summed E-state index contributed by atoms with van der Waals surface area (Å²) in [4.78, 5) is 12.7. The molecule has 2 N–H and O–H groups in total. The molecule has 0 saturated carbocycles. The molecule has 0 unspecified atom stereocenters. The van der Waals surface area contributed by atoms with Crippen molar-refractivity contribution in [3.8, 4) is 5.75 Å². The minimum atomic E-state index is -3.98. The molecule has 0 aliphatic carbocycles. The lowest BCUT2D eigenvalue weighted by Gasteiger charge is -2.29. The lowest BCUT2D eigenvalue weighted by atomic mass is 10.2. The van der Waals surface area contributed by atoms with Crippen LogP contribution in [0.2, 0.25) is 0 Å². The van der Waals surface area contributed by atoms with Crippen molar-refractivity contribution in [2.75, 3.05) is 42.9 Å². The van der Waals surface area contributed by atoms with E-state index >= 15 is 0 Å². The molecular weight excluding hydrogens is 372 g/mol. The Bertz CT molecular complexity index is 942. The van der Waals surface area contributed by atoms with Gasteiger partial charge in [0.25, 0.3) is 15.7 Å². The van der Waals surface area contributed by atoms with E-state index in [1.165, 1.54) is 25.3 Å². The molecule has 3 rings (SSSR count). The monoisotopic (exact) mass is 392 g/mol. The Morgan fingerprint density at radius 1 is 1.19 bits per heavy atom. The summed E-state index contributed by atoms with van der Waals surface area (Å²) in [7, 11) is -2.50. The fourth-order valence-electron chi connectivity index (χ4n) is 2.89. The van der Waals surface area contributed by atoms with Gasteiger partial charge >= 0.3 is 0 Å². The molecule has 1 saturated heterocycles. The van der Waals surface area contributed by atoms with E-state index < -0.39 is 14.9 Å². The fraction of sp³-hybridized carbons (Fsp3) is 0.294. The maximum absolute atomic E-state index is 12.7. The van der Waals surface area contributed by atoms with Gasteiger partial charge in [-0.05, 0) is 24.3 Å². The Hall–Kier alpha value is -2.85. The third-order valence-electron chi connectivity index (χ3n) is 4.23. The lowest BCUT2D eigenvalue weighted by Crippen LogP contribution is -2.43. The van der Waals surface area contributed by atoms with Crippen LogP contribution in [-0.2, 0) is 10.0 Å². The predicted molar refractivity (Wildman–Crippen MR) is 102 cm³/mol. The van der Waals surface area contributed by atoms with Gasteiger partial charge in [-0.25, -0.2) is 8.42 Å². The molecule has 0 radical (unpaired) electrons. The summed E-state index contributed by atoms with van der Waals surface area (Å²) in [5.41, 5.74) is 0.496. The molecule has 0 spiro atoms. The smallest absolute Gasteiger partial charge is 0.293 e. The Labute approximate surface area is 157 Å². The van der Waals surface area contributed by atoms with E-state index in [-0.39, 0.29) is 10.6 Å². The van der Waals surface area contributed by atoms with E-state index in [2.05, 4.69) is 10.0 Å². The van der Waals surface area contributed by atoms with Crippen LogP contribution in [0.5, 0.6) is 5.75 Å². The normalized spacial score (nSPS) is 14.6. The number of rotatable bonds is 6. The van der Waals surface area contributed by atoms with Crippen LogP contribution in [0.4, 0.5) is 17.1 Å². The van der Waals surface area contributed by atoms with Crippen LogP contribution in [0.3, 0.4) is 0 Å². The number of piperazine rings is 1. The van der Waals surface area contributed by atoms with Gasteiger partial charge in [-0.3, -0.25) is 14.8 Å². The molecule has 1 fully saturated rings. The first kappa shape index (κ1) is 18.9. The summed E-state index contributed by atoms with van der Waals surface area (Å²) in [6, 6.07) is 10.4. The van der Waals surface area contributed by atoms with Gasteiger partial charge < -0.3 is 15.0 Å². The van der Waals surface area contributed by atoms with Crippen LogP contribution in [0, 0.1) is 10.1 Å². The third-order valence-corrected chi connectivity index (χ3v) is 5.61. The van der Waals surface area contributed by atoms with Crippen molar-refractivity contribution >= 4 is 27.1 Å². The minimum absolute atomic E-state index is 0.170. The molecule has 10 heteroatoms. The molecule has 0 bridgehead atoms. The van der Waals surface area contributed by atoms with Gasteiger partial charge in [-0.2, -0.15) is 0 Å². The molecule has 9 nitrogen and oxygen atoms in total. The van der Waals surface area contributed by atoms with Crippen molar-refractivity contribution in [2.24, 2.45) is 0 Å². The zero-order valence-electron chi connectivity index (χ0n) is 14.7. The zero-order chi connectivity index (χ0) is 19.4. The second-order valence-corrected chi connectivity index (χ2v) is 7.66. The van der Waals surface area contributed by atoms with Crippen LogP contribution in [0.25, 0.3) is 0 Å². The summed E-state index contributed by atoms with van der Waals surface area (Å²) >= 11 is 0. The lowest BCUT2D eigenvalue weighted by molar-refractivity contribution is -0.384. The fourth-order valence-corrected chi connectivity index (χ4v) is 3.96. The van der Waals surface area contributed by atoms with Crippen molar-refractivity contribution in [1.82, 2.24) is 5.32 Å². The highest BCUT2D eigenvalue weighted by molar-refractivity contribution is 7.92. The molecule has 1 aliphatic rings. The van der Waals surface area contributed by atoms with Gasteiger partial charge in [0.2, 0.25) is 0 Å². The van der Waals surface area contributed by atoms with E-state index in [4.69, 9.17) is 4.74 Å². The highest BCUT2D eigenvalue weighted by Crippen LogP contribution is 2.32. The first-order chi connectivity index (χ1) is 12.9. The molecule has 0 amide bonds. The number of hydrogen-bond acceptors (Lipinski definition) is 7. The largest absolute Gasteiger partial charge is 0.497 e.